The van der Waals surface area contributed by atoms with Crippen LogP contribution in [0.4, 0.5) is 0 Å². The van der Waals surface area contributed by atoms with E-state index in [4.69, 9.17) is 5.11 Å². The van der Waals surface area contributed by atoms with E-state index in [9.17, 15) is 9.59 Å². The summed E-state index contributed by atoms with van der Waals surface area (Å²) in [6, 6.07) is 3.54. The van der Waals surface area contributed by atoms with E-state index in [0.717, 1.165) is 0 Å². The van der Waals surface area contributed by atoms with Crippen molar-refractivity contribution < 1.29 is 14.7 Å². The number of hydrogen-bond donors (Lipinski definition) is 2. The van der Waals surface area contributed by atoms with Gasteiger partial charge >= 0.3 is 5.97 Å². The molecule has 0 spiro atoms. The van der Waals surface area contributed by atoms with Crippen molar-refractivity contribution in [1.29, 1.82) is 0 Å². The van der Waals surface area contributed by atoms with Gasteiger partial charge in [0.2, 0.25) is 5.78 Å². The van der Waals surface area contributed by atoms with Gasteiger partial charge in [-0.15, -0.1) is 0 Å². The molecule has 2 N–H and O–H groups in total. The monoisotopic (exact) mass is 194 g/mol. The molecule has 0 saturated carbocycles. The Bertz CT molecular complexity index is 337. The van der Waals surface area contributed by atoms with Crippen molar-refractivity contribution in [1.82, 2.24) is 10.3 Å². The van der Waals surface area contributed by atoms with Crippen LogP contribution in [-0.4, -0.2) is 34.9 Å². The number of carboxylic acid groups (broad SMARTS) is 1. The van der Waals surface area contributed by atoms with Crippen LogP contribution < -0.4 is 5.32 Å². The molecule has 5 nitrogen and oxygen atoms in total. The molecule has 14 heavy (non-hydrogen) atoms. The average Bonchev–Trinajstić information content (AvgIpc) is 2.19. The van der Waals surface area contributed by atoms with Crippen LogP contribution in [0, 0.1) is 0 Å². The number of aliphatic carboxylic acids is 1. The number of carboxylic acids is 1. The van der Waals surface area contributed by atoms with Crippen LogP contribution in [0.3, 0.4) is 0 Å². The number of ketones is 1. The first kappa shape index (κ1) is 10.3. The zero-order chi connectivity index (χ0) is 10.6. The molecule has 74 valence electrons. The first-order valence-electron chi connectivity index (χ1n) is 4.02. The van der Waals surface area contributed by atoms with Gasteiger partial charge < -0.3 is 10.4 Å². The lowest BCUT2D eigenvalue weighted by Crippen LogP contribution is -2.41. The highest BCUT2D eigenvalue weighted by Gasteiger charge is 2.25. The Balaban J connectivity index is 2.89. The number of likely N-dealkylation sites (N-methyl/N-ethyl adjacent to an activating group) is 1. The summed E-state index contributed by atoms with van der Waals surface area (Å²) in [7, 11) is 1.42. The number of rotatable bonds is 4. The van der Waals surface area contributed by atoms with E-state index in [1.165, 1.54) is 19.3 Å². The zero-order valence-electron chi connectivity index (χ0n) is 7.60. The minimum atomic E-state index is -1.23. The molecule has 0 amide bonds. The molecule has 0 aliphatic heterocycles. The Morgan fingerprint density at radius 3 is 2.64 bits per heavy atom. The van der Waals surface area contributed by atoms with Crippen molar-refractivity contribution in [2.75, 3.05) is 7.05 Å². The lowest BCUT2D eigenvalue weighted by molar-refractivity contribution is -0.137. The fourth-order valence-corrected chi connectivity index (χ4v) is 1.02. The molecule has 1 heterocycles. The molecular formula is C9H10N2O3. The van der Waals surface area contributed by atoms with E-state index in [0.29, 0.717) is 0 Å². The van der Waals surface area contributed by atoms with Gasteiger partial charge in [-0.2, -0.15) is 0 Å². The third-order valence-electron chi connectivity index (χ3n) is 1.72. The normalized spacial score (nSPS) is 12.1. The smallest absolute Gasteiger partial charge is 0.328 e. The first-order valence-corrected chi connectivity index (χ1v) is 4.02. The SMILES string of the molecule is CNC(C(=O)O)C(=O)c1ccccn1. The molecule has 1 unspecified atom stereocenters. The predicted molar refractivity (Wildman–Crippen MR) is 49.1 cm³/mol. The second-order valence-electron chi connectivity index (χ2n) is 2.64. The summed E-state index contributed by atoms with van der Waals surface area (Å²) >= 11 is 0. The molecule has 1 atom stereocenters. The van der Waals surface area contributed by atoms with E-state index in [-0.39, 0.29) is 5.69 Å². The molecule has 0 saturated heterocycles. The van der Waals surface area contributed by atoms with Gasteiger partial charge in [-0.1, -0.05) is 6.07 Å². The summed E-state index contributed by atoms with van der Waals surface area (Å²) in [6.45, 7) is 0. The van der Waals surface area contributed by atoms with Crippen molar-refractivity contribution >= 4 is 11.8 Å². The van der Waals surface area contributed by atoms with Crippen molar-refractivity contribution in [2.45, 2.75) is 6.04 Å². The minimum Gasteiger partial charge on any atom is -0.480 e. The maximum atomic E-state index is 11.5. The van der Waals surface area contributed by atoms with Gasteiger partial charge in [-0.05, 0) is 19.2 Å². The van der Waals surface area contributed by atoms with Crippen molar-refractivity contribution in [3.63, 3.8) is 0 Å². The number of nitrogens with zero attached hydrogens (tertiary/aromatic N) is 1. The second kappa shape index (κ2) is 4.48. The van der Waals surface area contributed by atoms with Crippen LogP contribution in [0.2, 0.25) is 0 Å². The zero-order valence-corrected chi connectivity index (χ0v) is 7.60. The van der Waals surface area contributed by atoms with Crippen LogP contribution in [0.25, 0.3) is 0 Å². The maximum absolute atomic E-state index is 11.5. The largest absolute Gasteiger partial charge is 0.480 e. The molecule has 1 aromatic heterocycles. The number of pyridine rings is 1. The second-order valence-corrected chi connectivity index (χ2v) is 2.64. The predicted octanol–water partition coefficient (Wildman–Crippen LogP) is -0.0631. The molecule has 0 aliphatic carbocycles. The highest BCUT2D eigenvalue weighted by molar-refractivity contribution is 6.10. The van der Waals surface area contributed by atoms with Crippen LogP contribution in [0.15, 0.2) is 24.4 Å². The Morgan fingerprint density at radius 1 is 1.50 bits per heavy atom. The number of hydrogen-bond acceptors (Lipinski definition) is 4. The molecule has 0 fully saturated rings. The topological polar surface area (TPSA) is 79.3 Å². The summed E-state index contributed by atoms with van der Waals surface area (Å²) in [5.74, 6) is -1.75. The standard InChI is InChI=1S/C9H10N2O3/c1-10-7(9(13)14)8(12)6-4-2-3-5-11-6/h2-5,7,10H,1H3,(H,13,14). The average molecular weight is 194 g/mol. The number of carbonyl (C=O) groups is 2. The van der Waals surface area contributed by atoms with E-state index in [1.54, 1.807) is 12.1 Å². The fraction of sp³-hybridized carbons (Fsp3) is 0.222. The molecule has 1 rings (SSSR count). The number of aromatic nitrogens is 1. The maximum Gasteiger partial charge on any atom is 0.328 e. The number of carbonyl (C=O) groups excluding carboxylic acids is 1. The Kier molecular flexibility index (Phi) is 3.30. The van der Waals surface area contributed by atoms with Crippen molar-refractivity contribution in [2.24, 2.45) is 0 Å². The number of Topliss-reactive ketones (excluding diaryl/α,β-unsaturated/α-hetero) is 1. The van der Waals surface area contributed by atoms with Crippen LogP contribution in [0.5, 0.6) is 0 Å². The van der Waals surface area contributed by atoms with E-state index in [2.05, 4.69) is 10.3 Å². The quantitative estimate of drug-likeness (QED) is 0.518. The van der Waals surface area contributed by atoms with Gasteiger partial charge in [0, 0.05) is 6.20 Å². The fourth-order valence-electron chi connectivity index (χ4n) is 1.02. The van der Waals surface area contributed by atoms with Gasteiger partial charge in [0.15, 0.2) is 6.04 Å². The Hall–Kier alpha value is -1.75. The summed E-state index contributed by atoms with van der Waals surface area (Å²) < 4.78 is 0. The summed E-state index contributed by atoms with van der Waals surface area (Å²) in [6.07, 6.45) is 1.45. The third kappa shape index (κ3) is 2.14. The van der Waals surface area contributed by atoms with Gasteiger partial charge in [0.25, 0.3) is 0 Å². The molecule has 0 aromatic carbocycles. The molecule has 0 aliphatic rings. The van der Waals surface area contributed by atoms with Crippen LogP contribution in [0.1, 0.15) is 10.5 Å². The lowest BCUT2D eigenvalue weighted by atomic mass is 10.1. The van der Waals surface area contributed by atoms with Gasteiger partial charge in [0.05, 0.1) is 0 Å². The lowest BCUT2D eigenvalue weighted by Gasteiger charge is -2.08. The van der Waals surface area contributed by atoms with Gasteiger partial charge in [-0.25, -0.2) is 0 Å². The summed E-state index contributed by atoms with van der Waals surface area (Å²) in [5, 5.41) is 11.1. The van der Waals surface area contributed by atoms with Crippen LogP contribution in [-0.2, 0) is 4.79 Å². The molecule has 0 radical (unpaired) electrons. The molecule has 5 heteroatoms. The summed E-state index contributed by atoms with van der Waals surface area (Å²) in [4.78, 5) is 25.9. The van der Waals surface area contributed by atoms with Crippen molar-refractivity contribution in [3.8, 4) is 0 Å². The van der Waals surface area contributed by atoms with E-state index >= 15 is 0 Å². The molecule has 1 aromatic rings. The molecule has 0 bridgehead atoms. The van der Waals surface area contributed by atoms with Gasteiger partial charge in [0.1, 0.15) is 5.69 Å². The molecular weight excluding hydrogens is 184 g/mol. The highest BCUT2D eigenvalue weighted by Crippen LogP contribution is 1.99. The Morgan fingerprint density at radius 2 is 2.21 bits per heavy atom. The number of nitrogens with one attached hydrogen (secondary N) is 1. The highest BCUT2D eigenvalue weighted by atomic mass is 16.4. The van der Waals surface area contributed by atoms with E-state index in [1.807, 2.05) is 0 Å². The minimum absolute atomic E-state index is 0.147. The van der Waals surface area contributed by atoms with E-state index < -0.39 is 17.8 Å². The van der Waals surface area contributed by atoms with Crippen molar-refractivity contribution in [3.05, 3.63) is 30.1 Å². The third-order valence-corrected chi connectivity index (χ3v) is 1.72. The van der Waals surface area contributed by atoms with Crippen LogP contribution >= 0.6 is 0 Å². The Labute approximate surface area is 80.8 Å². The summed E-state index contributed by atoms with van der Waals surface area (Å²) in [5.41, 5.74) is 0.147. The van der Waals surface area contributed by atoms with Gasteiger partial charge in [-0.3, -0.25) is 14.6 Å². The first-order chi connectivity index (χ1) is 6.66.